The third-order valence-corrected chi connectivity index (χ3v) is 4.50. The Morgan fingerprint density at radius 1 is 1.50 bits per heavy atom. The minimum atomic E-state index is 0.0163. The third kappa shape index (κ3) is 2.17. The number of hydrogen-bond acceptors (Lipinski definition) is 3. The standard InChI is InChI=1S/C12H16ClNOS/c1-7-5-10(14)12-8(6-16-7)11(15-2)4-3-9(12)13/h3-4,7,10H,5-6,14H2,1-2H3/t7?,10-/m0/s1. The van der Waals surface area contributed by atoms with Crippen LogP contribution in [0.2, 0.25) is 5.02 Å². The van der Waals surface area contributed by atoms with Crippen molar-refractivity contribution >= 4 is 23.4 Å². The van der Waals surface area contributed by atoms with Crippen LogP contribution in [0.4, 0.5) is 0 Å². The number of rotatable bonds is 1. The highest BCUT2D eigenvalue weighted by atomic mass is 35.5. The van der Waals surface area contributed by atoms with E-state index in [1.807, 2.05) is 23.9 Å². The second-order valence-corrected chi connectivity index (χ2v) is 5.94. The van der Waals surface area contributed by atoms with Crippen molar-refractivity contribution in [2.75, 3.05) is 7.11 Å². The minimum Gasteiger partial charge on any atom is -0.496 e. The Morgan fingerprint density at radius 2 is 2.25 bits per heavy atom. The van der Waals surface area contributed by atoms with E-state index in [9.17, 15) is 0 Å². The van der Waals surface area contributed by atoms with Crippen LogP contribution in [0.1, 0.15) is 30.5 Å². The second-order valence-electron chi connectivity index (χ2n) is 4.11. The molecule has 0 bridgehead atoms. The van der Waals surface area contributed by atoms with Gasteiger partial charge in [0.2, 0.25) is 0 Å². The average molecular weight is 258 g/mol. The van der Waals surface area contributed by atoms with Gasteiger partial charge in [0.1, 0.15) is 5.75 Å². The monoisotopic (exact) mass is 257 g/mol. The van der Waals surface area contributed by atoms with Gasteiger partial charge in [-0.1, -0.05) is 18.5 Å². The average Bonchev–Trinajstić information content (AvgIpc) is 2.39. The lowest BCUT2D eigenvalue weighted by Gasteiger charge is -2.17. The van der Waals surface area contributed by atoms with Crippen molar-refractivity contribution in [1.82, 2.24) is 0 Å². The van der Waals surface area contributed by atoms with Crippen LogP contribution in [0.25, 0.3) is 0 Å². The molecule has 0 fully saturated rings. The summed E-state index contributed by atoms with van der Waals surface area (Å²) in [6, 6.07) is 3.81. The number of fused-ring (bicyclic) bond motifs is 1. The van der Waals surface area contributed by atoms with Crippen LogP contribution < -0.4 is 10.5 Å². The van der Waals surface area contributed by atoms with Gasteiger partial charge in [0.15, 0.2) is 0 Å². The van der Waals surface area contributed by atoms with E-state index >= 15 is 0 Å². The summed E-state index contributed by atoms with van der Waals surface area (Å²) in [6.07, 6.45) is 0.963. The summed E-state index contributed by atoms with van der Waals surface area (Å²) in [4.78, 5) is 0. The number of nitrogens with two attached hydrogens (primary N) is 1. The Hall–Kier alpha value is -0.380. The van der Waals surface area contributed by atoms with Crippen LogP contribution in [-0.4, -0.2) is 12.4 Å². The van der Waals surface area contributed by atoms with Gasteiger partial charge in [-0.25, -0.2) is 0 Å². The van der Waals surface area contributed by atoms with Gasteiger partial charge in [0.05, 0.1) is 7.11 Å². The summed E-state index contributed by atoms with van der Waals surface area (Å²) in [6.45, 7) is 2.21. The topological polar surface area (TPSA) is 35.2 Å². The fourth-order valence-electron chi connectivity index (χ4n) is 2.13. The first-order valence-corrected chi connectivity index (χ1v) is 6.78. The molecule has 2 rings (SSSR count). The number of ether oxygens (including phenoxy) is 1. The molecule has 0 saturated carbocycles. The Bertz CT molecular complexity index is 397. The second kappa shape index (κ2) is 4.86. The first-order chi connectivity index (χ1) is 7.63. The summed E-state index contributed by atoms with van der Waals surface area (Å²) in [5.74, 6) is 1.82. The van der Waals surface area contributed by atoms with E-state index < -0.39 is 0 Å². The van der Waals surface area contributed by atoms with Gasteiger partial charge in [0.25, 0.3) is 0 Å². The normalized spacial score (nSPS) is 24.8. The molecule has 0 spiro atoms. The highest BCUT2D eigenvalue weighted by Gasteiger charge is 2.24. The molecule has 1 aromatic rings. The van der Waals surface area contributed by atoms with Gasteiger partial charge in [-0.2, -0.15) is 11.8 Å². The van der Waals surface area contributed by atoms with Gasteiger partial charge in [-0.15, -0.1) is 0 Å². The molecule has 1 aromatic carbocycles. The fourth-order valence-corrected chi connectivity index (χ4v) is 3.54. The van der Waals surface area contributed by atoms with Crippen LogP contribution in [0.5, 0.6) is 5.75 Å². The lowest BCUT2D eigenvalue weighted by molar-refractivity contribution is 0.410. The molecule has 1 aliphatic heterocycles. The van der Waals surface area contributed by atoms with Gasteiger partial charge in [-0.05, 0) is 24.1 Å². The maximum atomic E-state index is 6.24. The zero-order valence-electron chi connectivity index (χ0n) is 9.50. The van der Waals surface area contributed by atoms with Crippen molar-refractivity contribution in [2.24, 2.45) is 5.73 Å². The number of thioether (sulfide) groups is 1. The molecule has 2 nitrogen and oxygen atoms in total. The van der Waals surface area contributed by atoms with E-state index in [2.05, 4.69) is 6.92 Å². The van der Waals surface area contributed by atoms with Gasteiger partial charge in [-0.3, -0.25) is 0 Å². The van der Waals surface area contributed by atoms with Gasteiger partial charge >= 0.3 is 0 Å². The molecule has 2 atom stereocenters. The molecule has 0 aliphatic carbocycles. The SMILES string of the molecule is COc1ccc(Cl)c2c1CSC(C)C[C@@H]2N. The Labute approximate surface area is 105 Å². The Balaban J connectivity index is 2.52. The van der Waals surface area contributed by atoms with Crippen molar-refractivity contribution in [3.8, 4) is 5.75 Å². The highest BCUT2D eigenvalue weighted by molar-refractivity contribution is 7.99. The molecule has 0 radical (unpaired) electrons. The largest absolute Gasteiger partial charge is 0.496 e. The van der Waals surface area contributed by atoms with Gasteiger partial charge < -0.3 is 10.5 Å². The lowest BCUT2D eigenvalue weighted by Crippen LogP contribution is -2.15. The van der Waals surface area contributed by atoms with E-state index in [0.717, 1.165) is 34.1 Å². The number of halogens is 1. The molecule has 0 amide bonds. The van der Waals surface area contributed by atoms with E-state index in [1.54, 1.807) is 7.11 Å². The molecular weight excluding hydrogens is 242 g/mol. The van der Waals surface area contributed by atoms with Crippen molar-refractivity contribution in [3.63, 3.8) is 0 Å². The quantitative estimate of drug-likeness (QED) is 0.838. The number of hydrogen-bond donors (Lipinski definition) is 1. The molecule has 1 aliphatic rings. The first-order valence-electron chi connectivity index (χ1n) is 5.36. The van der Waals surface area contributed by atoms with Crippen LogP contribution in [0, 0.1) is 0 Å². The summed E-state index contributed by atoms with van der Waals surface area (Å²) in [5, 5.41) is 1.32. The van der Waals surface area contributed by atoms with E-state index in [-0.39, 0.29) is 6.04 Å². The zero-order chi connectivity index (χ0) is 11.7. The van der Waals surface area contributed by atoms with Crippen LogP contribution >= 0.6 is 23.4 Å². The summed E-state index contributed by atoms with van der Waals surface area (Å²) < 4.78 is 5.38. The molecule has 0 aromatic heterocycles. The molecule has 88 valence electrons. The molecule has 0 saturated heterocycles. The number of benzene rings is 1. The molecule has 1 unspecified atom stereocenters. The summed E-state index contributed by atoms with van der Waals surface area (Å²) in [5.41, 5.74) is 8.44. The molecule has 4 heteroatoms. The van der Waals surface area contributed by atoms with Crippen LogP contribution in [0.15, 0.2) is 12.1 Å². The van der Waals surface area contributed by atoms with Gasteiger partial charge in [0, 0.05) is 27.6 Å². The van der Waals surface area contributed by atoms with E-state index in [0.29, 0.717) is 5.25 Å². The predicted octanol–water partition coefficient (Wildman–Crippen LogP) is 3.37. The zero-order valence-corrected chi connectivity index (χ0v) is 11.1. The van der Waals surface area contributed by atoms with Crippen LogP contribution in [-0.2, 0) is 5.75 Å². The number of methoxy groups -OCH3 is 1. The van der Waals surface area contributed by atoms with Crippen molar-refractivity contribution in [3.05, 3.63) is 28.3 Å². The fraction of sp³-hybridized carbons (Fsp3) is 0.500. The summed E-state index contributed by atoms with van der Waals surface area (Å²) in [7, 11) is 1.69. The highest BCUT2D eigenvalue weighted by Crippen LogP contribution is 2.41. The van der Waals surface area contributed by atoms with Crippen molar-refractivity contribution in [2.45, 2.75) is 30.4 Å². The molecule has 16 heavy (non-hydrogen) atoms. The van der Waals surface area contributed by atoms with Crippen molar-refractivity contribution in [1.29, 1.82) is 0 Å². The Morgan fingerprint density at radius 3 is 2.94 bits per heavy atom. The van der Waals surface area contributed by atoms with E-state index in [1.165, 1.54) is 0 Å². The summed E-state index contributed by atoms with van der Waals surface area (Å²) >= 11 is 8.15. The maximum Gasteiger partial charge on any atom is 0.123 e. The lowest BCUT2D eigenvalue weighted by atomic mass is 9.98. The maximum absolute atomic E-state index is 6.24. The van der Waals surface area contributed by atoms with E-state index in [4.69, 9.17) is 22.1 Å². The predicted molar refractivity (Wildman–Crippen MR) is 70.3 cm³/mol. The van der Waals surface area contributed by atoms with Crippen LogP contribution in [0.3, 0.4) is 0 Å². The van der Waals surface area contributed by atoms with Crippen molar-refractivity contribution < 1.29 is 4.74 Å². The molecule has 2 N–H and O–H groups in total. The molecular formula is C12H16ClNOS. The third-order valence-electron chi connectivity index (χ3n) is 2.95. The Kier molecular flexibility index (Phi) is 3.67. The smallest absolute Gasteiger partial charge is 0.123 e. The molecule has 1 heterocycles. The minimum absolute atomic E-state index is 0.0163. The first kappa shape index (κ1) is 12.1.